The smallest absolute Gasteiger partial charge is 0.0372 e. The maximum atomic E-state index is 4.31. The van der Waals surface area contributed by atoms with Crippen LogP contribution >= 0.6 is 15.9 Å². The SMILES string of the molecule is Cc1ccc(C2(CBr)CC2)cn1. The van der Waals surface area contributed by atoms with Crippen molar-refractivity contribution in [3.8, 4) is 0 Å². The summed E-state index contributed by atoms with van der Waals surface area (Å²) in [7, 11) is 0. The first-order valence-corrected chi connectivity index (χ1v) is 5.38. The number of hydrogen-bond donors (Lipinski definition) is 0. The fourth-order valence-electron chi connectivity index (χ4n) is 1.43. The third kappa shape index (κ3) is 1.28. The highest BCUT2D eigenvalue weighted by Gasteiger charge is 2.43. The minimum Gasteiger partial charge on any atom is -0.261 e. The summed E-state index contributed by atoms with van der Waals surface area (Å²) in [6, 6.07) is 4.30. The standard InChI is InChI=1S/C10H12BrN/c1-8-2-3-9(6-12-8)10(7-11)4-5-10/h2-3,6H,4-5,7H2,1H3. The fourth-order valence-corrected chi connectivity index (χ4v) is 2.32. The average molecular weight is 226 g/mol. The zero-order chi connectivity index (χ0) is 8.60. The summed E-state index contributed by atoms with van der Waals surface area (Å²) in [5, 5.41) is 1.07. The molecule has 2 rings (SSSR count). The largest absolute Gasteiger partial charge is 0.261 e. The topological polar surface area (TPSA) is 12.9 Å². The zero-order valence-electron chi connectivity index (χ0n) is 7.18. The van der Waals surface area contributed by atoms with Crippen LogP contribution in [-0.4, -0.2) is 10.3 Å². The molecule has 0 atom stereocenters. The molecular weight excluding hydrogens is 214 g/mol. The molecule has 0 aliphatic heterocycles. The Bertz CT molecular complexity index is 274. The van der Waals surface area contributed by atoms with Gasteiger partial charge in [-0.05, 0) is 31.4 Å². The van der Waals surface area contributed by atoms with E-state index in [4.69, 9.17) is 0 Å². The van der Waals surface area contributed by atoms with Crippen molar-refractivity contribution in [3.63, 3.8) is 0 Å². The maximum absolute atomic E-state index is 4.31. The predicted molar refractivity (Wildman–Crippen MR) is 53.7 cm³/mol. The van der Waals surface area contributed by atoms with Gasteiger partial charge in [0.25, 0.3) is 0 Å². The maximum Gasteiger partial charge on any atom is 0.0372 e. The molecule has 2 heteroatoms. The van der Waals surface area contributed by atoms with Crippen LogP contribution < -0.4 is 0 Å². The first-order chi connectivity index (χ1) is 5.77. The Labute approximate surface area is 81.3 Å². The van der Waals surface area contributed by atoms with Crippen LogP contribution in [0.1, 0.15) is 24.1 Å². The first-order valence-electron chi connectivity index (χ1n) is 4.26. The number of hydrogen-bond acceptors (Lipinski definition) is 1. The van der Waals surface area contributed by atoms with Gasteiger partial charge >= 0.3 is 0 Å². The van der Waals surface area contributed by atoms with E-state index < -0.39 is 0 Å². The highest BCUT2D eigenvalue weighted by Crippen LogP contribution is 2.49. The van der Waals surface area contributed by atoms with Gasteiger partial charge in [0.15, 0.2) is 0 Å². The number of pyridine rings is 1. The summed E-state index contributed by atoms with van der Waals surface area (Å²) in [6.45, 7) is 2.03. The Morgan fingerprint density at radius 2 is 2.25 bits per heavy atom. The van der Waals surface area contributed by atoms with Gasteiger partial charge in [0.1, 0.15) is 0 Å². The van der Waals surface area contributed by atoms with Crippen LogP contribution in [0, 0.1) is 6.92 Å². The lowest BCUT2D eigenvalue weighted by molar-refractivity contribution is 0.800. The van der Waals surface area contributed by atoms with E-state index in [1.807, 2.05) is 13.1 Å². The van der Waals surface area contributed by atoms with Crippen LogP contribution in [0.15, 0.2) is 18.3 Å². The number of nitrogens with zero attached hydrogens (tertiary/aromatic N) is 1. The van der Waals surface area contributed by atoms with E-state index in [9.17, 15) is 0 Å². The highest BCUT2D eigenvalue weighted by molar-refractivity contribution is 9.09. The molecule has 0 spiro atoms. The Morgan fingerprint density at radius 1 is 1.50 bits per heavy atom. The van der Waals surface area contributed by atoms with Crippen LogP contribution in [0.4, 0.5) is 0 Å². The summed E-state index contributed by atoms with van der Waals surface area (Å²) >= 11 is 3.56. The monoisotopic (exact) mass is 225 g/mol. The minimum absolute atomic E-state index is 0.431. The molecule has 1 nitrogen and oxygen atoms in total. The molecule has 1 aliphatic rings. The minimum atomic E-state index is 0.431. The van der Waals surface area contributed by atoms with Crippen molar-refractivity contribution in [1.82, 2.24) is 4.98 Å². The van der Waals surface area contributed by atoms with Crippen LogP contribution in [0.25, 0.3) is 0 Å². The van der Waals surface area contributed by atoms with Gasteiger partial charge < -0.3 is 0 Å². The summed E-state index contributed by atoms with van der Waals surface area (Å²) < 4.78 is 0. The number of alkyl halides is 1. The van der Waals surface area contributed by atoms with Gasteiger partial charge in [0.2, 0.25) is 0 Å². The Hall–Kier alpha value is -0.370. The second kappa shape index (κ2) is 2.84. The molecule has 0 radical (unpaired) electrons. The Kier molecular flexibility index (Phi) is 1.95. The van der Waals surface area contributed by atoms with E-state index in [2.05, 4.69) is 33.0 Å². The van der Waals surface area contributed by atoms with Crippen LogP contribution in [0.3, 0.4) is 0 Å². The lowest BCUT2D eigenvalue weighted by Crippen LogP contribution is -2.08. The lowest BCUT2D eigenvalue weighted by Gasteiger charge is -2.10. The molecular formula is C10H12BrN. The molecule has 0 aromatic carbocycles. The number of halogens is 1. The molecule has 1 aromatic heterocycles. The summed E-state index contributed by atoms with van der Waals surface area (Å²) in [6.07, 6.45) is 4.63. The summed E-state index contributed by atoms with van der Waals surface area (Å²) in [5.41, 5.74) is 2.93. The molecule has 0 N–H and O–H groups in total. The zero-order valence-corrected chi connectivity index (χ0v) is 8.76. The molecule has 1 aromatic rings. The molecule has 12 heavy (non-hydrogen) atoms. The number of aryl methyl sites for hydroxylation is 1. The molecule has 1 fully saturated rings. The predicted octanol–water partition coefficient (Wildman–Crippen LogP) is 2.82. The van der Waals surface area contributed by atoms with Crippen LogP contribution in [0.5, 0.6) is 0 Å². The van der Waals surface area contributed by atoms with Gasteiger partial charge in [-0.15, -0.1) is 0 Å². The average Bonchev–Trinajstić information content (AvgIpc) is 2.86. The molecule has 1 aliphatic carbocycles. The Balaban J connectivity index is 2.29. The highest BCUT2D eigenvalue weighted by atomic mass is 79.9. The lowest BCUT2D eigenvalue weighted by atomic mass is 10.0. The van der Waals surface area contributed by atoms with Crippen LogP contribution in [-0.2, 0) is 5.41 Å². The van der Waals surface area contributed by atoms with Crippen molar-refractivity contribution in [2.75, 3.05) is 5.33 Å². The third-order valence-corrected chi connectivity index (χ3v) is 3.71. The van der Waals surface area contributed by atoms with Crippen molar-refractivity contribution < 1.29 is 0 Å². The molecule has 1 heterocycles. The first kappa shape index (κ1) is 8.24. The van der Waals surface area contributed by atoms with Crippen molar-refractivity contribution >= 4 is 15.9 Å². The van der Waals surface area contributed by atoms with E-state index in [1.54, 1.807) is 0 Å². The van der Waals surface area contributed by atoms with Crippen LogP contribution in [0.2, 0.25) is 0 Å². The molecule has 0 saturated heterocycles. The Morgan fingerprint density at radius 3 is 2.67 bits per heavy atom. The molecule has 0 amide bonds. The van der Waals surface area contributed by atoms with Gasteiger partial charge in [-0.3, -0.25) is 4.98 Å². The van der Waals surface area contributed by atoms with Gasteiger partial charge in [0.05, 0.1) is 0 Å². The quantitative estimate of drug-likeness (QED) is 0.706. The van der Waals surface area contributed by atoms with Crippen molar-refractivity contribution in [3.05, 3.63) is 29.6 Å². The van der Waals surface area contributed by atoms with Gasteiger partial charge in [-0.2, -0.15) is 0 Å². The fraction of sp³-hybridized carbons (Fsp3) is 0.500. The third-order valence-electron chi connectivity index (χ3n) is 2.63. The van der Waals surface area contributed by atoms with Crippen molar-refractivity contribution in [2.24, 2.45) is 0 Å². The van der Waals surface area contributed by atoms with Crippen molar-refractivity contribution in [1.29, 1.82) is 0 Å². The van der Waals surface area contributed by atoms with Gasteiger partial charge in [-0.25, -0.2) is 0 Å². The normalized spacial score (nSPS) is 19.2. The summed E-state index contributed by atoms with van der Waals surface area (Å²) in [5.74, 6) is 0. The molecule has 0 unspecified atom stereocenters. The number of rotatable bonds is 2. The summed E-state index contributed by atoms with van der Waals surface area (Å²) in [4.78, 5) is 4.31. The second-order valence-corrected chi connectivity index (χ2v) is 4.16. The van der Waals surface area contributed by atoms with E-state index >= 15 is 0 Å². The van der Waals surface area contributed by atoms with E-state index in [0.29, 0.717) is 5.41 Å². The van der Waals surface area contributed by atoms with E-state index in [1.165, 1.54) is 18.4 Å². The van der Waals surface area contributed by atoms with Crippen molar-refractivity contribution in [2.45, 2.75) is 25.2 Å². The van der Waals surface area contributed by atoms with E-state index in [-0.39, 0.29) is 0 Å². The van der Waals surface area contributed by atoms with Gasteiger partial charge in [0, 0.05) is 22.6 Å². The molecule has 0 bridgehead atoms. The second-order valence-electron chi connectivity index (χ2n) is 3.60. The van der Waals surface area contributed by atoms with Gasteiger partial charge in [-0.1, -0.05) is 22.0 Å². The van der Waals surface area contributed by atoms with E-state index in [0.717, 1.165) is 11.0 Å². The number of aromatic nitrogens is 1. The molecule has 64 valence electrons. The molecule has 1 saturated carbocycles.